The van der Waals surface area contributed by atoms with Crippen molar-refractivity contribution in [1.82, 2.24) is 4.90 Å². The summed E-state index contributed by atoms with van der Waals surface area (Å²) in [6.07, 6.45) is 0. The van der Waals surface area contributed by atoms with Gasteiger partial charge in [0.2, 0.25) is 0 Å². The van der Waals surface area contributed by atoms with Gasteiger partial charge >= 0.3 is 0 Å². The van der Waals surface area contributed by atoms with E-state index >= 15 is 0 Å². The molecule has 1 N–H and O–H groups in total. The van der Waals surface area contributed by atoms with Gasteiger partial charge in [-0.25, -0.2) is 4.39 Å². The normalized spacial score (nSPS) is 13.5. The number of aryl methyl sites for hydroxylation is 1. The number of carbonyl (C=O) groups excluding carboxylic acids is 1. The molecule has 1 heterocycles. The highest BCUT2D eigenvalue weighted by molar-refractivity contribution is 5.96. The first kappa shape index (κ1) is 15.5. The summed E-state index contributed by atoms with van der Waals surface area (Å²) in [5.41, 5.74) is 2.93. The molecule has 1 aliphatic heterocycles. The van der Waals surface area contributed by atoms with Crippen LogP contribution in [0.5, 0.6) is 5.75 Å². The summed E-state index contributed by atoms with van der Waals surface area (Å²) in [7, 11) is 0. The number of rotatable bonds is 2. The molecule has 1 amide bonds. The minimum absolute atomic E-state index is 0.0688. The monoisotopic (exact) mass is 313 g/mol. The third-order valence-electron chi connectivity index (χ3n) is 4.40. The summed E-state index contributed by atoms with van der Waals surface area (Å²) in [4.78, 5) is 14.5. The zero-order chi connectivity index (χ0) is 16.7. The Labute approximate surface area is 135 Å². The first-order chi connectivity index (χ1) is 10.9. The molecule has 0 saturated carbocycles. The minimum atomic E-state index is -0.599. The number of aromatic hydroxyl groups is 1. The van der Waals surface area contributed by atoms with Crippen LogP contribution in [0.2, 0.25) is 0 Å². The van der Waals surface area contributed by atoms with E-state index in [1.165, 1.54) is 6.07 Å². The number of benzene rings is 2. The van der Waals surface area contributed by atoms with Crippen LogP contribution in [-0.2, 0) is 13.1 Å². The molecule has 2 aromatic carbocycles. The van der Waals surface area contributed by atoms with Crippen molar-refractivity contribution in [3.05, 3.63) is 64.0 Å². The molecule has 0 fully saturated rings. The van der Waals surface area contributed by atoms with Gasteiger partial charge in [-0.3, -0.25) is 4.79 Å². The Kier molecular flexibility index (Phi) is 3.84. The van der Waals surface area contributed by atoms with Crippen LogP contribution in [0, 0.1) is 12.7 Å². The van der Waals surface area contributed by atoms with Crippen LogP contribution in [-0.4, -0.2) is 15.9 Å². The van der Waals surface area contributed by atoms with Crippen molar-refractivity contribution in [2.75, 3.05) is 0 Å². The number of nitrogens with zero attached hydrogens (tertiary/aromatic N) is 1. The maximum absolute atomic E-state index is 14.9. The molecule has 0 aromatic heterocycles. The van der Waals surface area contributed by atoms with Crippen molar-refractivity contribution < 1.29 is 14.3 Å². The summed E-state index contributed by atoms with van der Waals surface area (Å²) in [6, 6.07) is 9.34. The molecule has 1 aliphatic rings. The van der Waals surface area contributed by atoms with Crippen molar-refractivity contribution in [1.29, 1.82) is 0 Å². The molecular formula is C19H20FNO2. The summed E-state index contributed by atoms with van der Waals surface area (Å²) >= 11 is 0. The summed E-state index contributed by atoms with van der Waals surface area (Å²) < 4.78 is 14.9. The Morgan fingerprint density at radius 2 is 1.78 bits per heavy atom. The first-order valence-electron chi connectivity index (χ1n) is 7.78. The SMILES string of the molecule is Cc1cc(O)c(C(C)C)c(F)c1C(=O)N1Cc2ccccc2C1. The van der Waals surface area contributed by atoms with Crippen LogP contribution in [0.1, 0.15) is 52.4 Å². The number of halogens is 1. The zero-order valence-electron chi connectivity index (χ0n) is 13.6. The second kappa shape index (κ2) is 5.69. The summed E-state index contributed by atoms with van der Waals surface area (Å²) in [5.74, 6) is -1.20. The number of fused-ring (bicyclic) bond motifs is 1. The third kappa shape index (κ3) is 2.58. The fourth-order valence-corrected chi connectivity index (χ4v) is 3.22. The van der Waals surface area contributed by atoms with E-state index in [1.807, 2.05) is 24.3 Å². The van der Waals surface area contributed by atoms with Crippen LogP contribution in [0.25, 0.3) is 0 Å². The number of amides is 1. The van der Waals surface area contributed by atoms with E-state index in [4.69, 9.17) is 0 Å². The topological polar surface area (TPSA) is 40.5 Å². The second-order valence-electron chi connectivity index (χ2n) is 6.40. The molecule has 0 unspecified atom stereocenters. The van der Waals surface area contributed by atoms with E-state index in [0.717, 1.165) is 11.1 Å². The Morgan fingerprint density at radius 3 is 2.30 bits per heavy atom. The van der Waals surface area contributed by atoms with Crippen molar-refractivity contribution in [3.63, 3.8) is 0 Å². The third-order valence-corrected chi connectivity index (χ3v) is 4.40. The summed E-state index contributed by atoms with van der Waals surface area (Å²) in [5, 5.41) is 9.99. The highest BCUT2D eigenvalue weighted by Gasteiger charge is 2.29. The predicted octanol–water partition coefficient (Wildman–Crippen LogP) is 4.12. The molecule has 0 saturated heterocycles. The molecule has 3 nitrogen and oxygen atoms in total. The maximum atomic E-state index is 14.9. The van der Waals surface area contributed by atoms with Crippen molar-refractivity contribution in [2.45, 2.75) is 39.8 Å². The van der Waals surface area contributed by atoms with Gasteiger partial charge in [-0.15, -0.1) is 0 Å². The molecule has 2 aromatic rings. The highest BCUT2D eigenvalue weighted by atomic mass is 19.1. The Morgan fingerprint density at radius 1 is 1.22 bits per heavy atom. The largest absolute Gasteiger partial charge is 0.508 e. The smallest absolute Gasteiger partial charge is 0.257 e. The van der Waals surface area contributed by atoms with E-state index in [-0.39, 0.29) is 28.7 Å². The number of hydrogen-bond donors (Lipinski definition) is 1. The number of carbonyl (C=O) groups is 1. The number of phenols is 1. The van der Waals surface area contributed by atoms with E-state index in [1.54, 1.807) is 25.7 Å². The molecule has 0 radical (unpaired) electrons. The lowest BCUT2D eigenvalue weighted by atomic mass is 9.95. The summed E-state index contributed by atoms with van der Waals surface area (Å²) in [6.45, 7) is 6.24. The van der Waals surface area contributed by atoms with Gasteiger partial charge in [0.05, 0.1) is 5.56 Å². The van der Waals surface area contributed by atoms with Crippen molar-refractivity contribution in [3.8, 4) is 5.75 Å². The quantitative estimate of drug-likeness (QED) is 0.906. The lowest BCUT2D eigenvalue weighted by Gasteiger charge is -2.20. The van der Waals surface area contributed by atoms with Crippen molar-refractivity contribution in [2.24, 2.45) is 0 Å². The average molecular weight is 313 g/mol. The number of phenolic OH excluding ortho intramolecular Hbond substituents is 1. The lowest BCUT2D eigenvalue weighted by molar-refractivity contribution is 0.0745. The first-order valence-corrected chi connectivity index (χ1v) is 7.78. The predicted molar refractivity (Wildman–Crippen MR) is 86.9 cm³/mol. The van der Waals surface area contributed by atoms with Crippen molar-refractivity contribution >= 4 is 5.91 Å². The van der Waals surface area contributed by atoms with Gasteiger partial charge in [0.15, 0.2) is 0 Å². The van der Waals surface area contributed by atoms with Gasteiger partial charge in [0.1, 0.15) is 11.6 Å². The molecule has 0 aliphatic carbocycles. The molecule has 120 valence electrons. The fourth-order valence-electron chi connectivity index (χ4n) is 3.22. The van der Waals surface area contributed by atoms with Crippen LogP contribution in [0.4, 0.5) is 4.39 Å². The van der Waals surface area contributed by atoms with Crippen LogP contribution in [0.3, 0.4) is 0 Å². The maximum Gasteiger partial charge on any atom is 0.257 e. The van der Waals surface area contributed by atoms with Gasteiger partial charge in [-0.2, -0.15) is 0 Å². The molecule has 4 heteroatoms. The molecule has 3 rings (SSSR count). The van der Waals surface area contributed by atoms with E-state index in [0.29, 0.717) is 18.7 Å². The number of hydrogen-bond acceptors (Lipinski definition) is 2. The molecule has 0 atom stereocenters. The molecular weight excluding hydrogens is 293 g/mol. The Balaban J connectivity index is 2.00. The Hall–Kier alpha value is -2.36. The lowest BCUT2D eigenvalue weighted by Crippen LogP contribution is -2.27. The molecule has 0 spiro atoms. The minimum Gasteiger partial charge on any atom is -0.508 e. The van der Waals surface area contributed by atoms with Crippen LogP contribution < -0.4 is 0 Å². The van der Waals surface area contributed by atoms with Crippen LogP contribution in [0.15, 0.2) is 30.3 Å². The van der Waals surface area contributed by atoms with E-state index in [2.05, 4.69) is 0 Å². The van der Waals surface area contributed by atoms with Gasteiger partial charge in [0.25, 0.3) is 5.91 Å². The van der Waals surface area contributed by atoms with E-state index < -0.39 is 5.82 Å². The molecule has 23 heavy (non-hydrogen) atoms. The fraction of sp³-hybridized carbons (Fsp3) is 0.316. The van der Waals surface area contributed by atoms with E-state index in [9.17, 15) is 14.3 Å². The highest BCUT2D eigenvalue weighted by Crippen LogP contribution is 2.34. The Bertz CT molecular complexity index is 758. The van der Waals surface area contributed by atoms with Gasteiger partial charge in [0, 0.05) is 18.7 Å². The average Bonchev–Trinajstić information content (AvgIpc) is 2.89. The van der Waals surface area contributed by atoms with Crippen LogP contribution >= 0.6 is 0 Å². The van der Waals surface area contributed by atoms with Gasteiger partial charge in [-0.1, -0.05) is 38.1 Å². The standard InChI is InChI=1S/C19H20FNO2/c1-11(2)16-15(22)8-12(3)17(18(16)20)19(23)21-9-13-6-4-5-7-14(13)10-21/h4-8,11,22H,9-10H2,1-3H3. The molecule has 0 bridgehead atoms. The van der Waals surface area contributed by atoms with Gasteiger partial charge in [-0.05, 0) is 35.6 Å². The zero-order valence-corrected chi connectivity index (χ0v) is 13.6. The second-order valence-corrected chi connectivity index (χ2v) is 6.40. The van der Waals surface area contributed by atoms with Gasteiger partial charge < -0.3 is 10.0 Å².